The van der Waals surface area contributed by atoms with Crippen molar-refractivity contribution in [3.05, 3.63) is 35.8 Å². The van der Waals surface area contributed by atoms with E-state index in [-0.39, 0.29) is 24.1 Å². The molecule has 0 aromatic carbocycles. The number of hydrogen-bond acceptors (Lipinski definition) is 11. The topological polar surface area (TPSA) is 148 Å². The highest BCUT2D eigenvalue weighted by atomic mass is 16.6. The maximum Gasteiger partial charge on any atom is 0.347 e. The third-order valence-corrected chi connectivity index (χ3v) is 12.0. The summed E-state index contributed by atoms with van der Waals surface area (Å²) in [5, 5.41) is 0. The largest absolute Gasteiger partial charge is 0.472 e. The van der Waals surface area contributed by atoms with Crippen molar-refractivity contribution < 1.29 is 52.1 Å². The molecule has 2 bridgehead atoms. The Balaban J connectivity index is 1.54. The van der Waals surface area contributed by atoms with Gasteiger partial charge in [-0.15, -0.1) is 0 Å². The van der Waals surface area contributed by atoms with Gasteiger partial charge in [0, 0.05) is 52.1 Å². The molecule has 3 heterocycles. The molecule has 3 saturated carbocycles. The van der Waals surface area contributed by atoms with Crippen LogP contribution in [0.3, 0.4) is 0 Å². The van der Waals surface area contributed by atoms with E-state index in [4.69, 9.17) is 28.1 Å². The number of esters is 4. The highest BCUT2D eigenvalue weighted by Crippen LogP contribution is 2.77. The van der Waals surface area contributed by atoms with Gasteiger partial charge in [0.05, 0.1) is 32.0 Å². The second-order valence-corrected chi connectivity index (χ2v) is 14.5. The summed E-state index contributed by atoms with van der Waals surface area (Å²) in [6, 6.07) is 1.79. The molecule has 5 aliphatic rings. The van der Waals surface area contributed by atoms with Gasteiger partial charge >= 0.3 is 23.9 Å². The number of Topliss-reactive ketones (excluding diaryl/α,β-unsaturated/α-hetero) is 1. The Labute approximate surface area is 262 Å². The lowest BCUT2D eigenvalue weighted by Crippen LogP contribution is -2.74. The lowest BCUT2D eigenvalue weighted by molar-refractivity contribution is -0.234. The molecular weight excluding hydrogens is 584 g/mol. The lowest BCUT2D eigenvalue weighted by Gasteiger charge is -2.65. The number of hydrogen-bond donors (Lipinski definition) is 0. The van der Waals surface area contributed by atoms with Crippen LogP contribution in [0.2, 0.25) is 0 Å². The van der Waals surface area contributed by atoms with Crippen LogP contribution in [0.4, 0.5) is 0 Å². The SMILES string of the molecule is C/C=C(/C)C(=O)O[C@@H]1[C@H]2C(=O)[C@@](C)([C@@H]([C@@H](OC(C)=O)C(=O)OC)C1(C)C)[C@@H]1CC[C@@]3(C)[C@H](c4ccoc4)OC(=O)C[C@@H]3[C@]13O[C@H]23. The van der Waals surface area contributed by atoms with Crippen LogP contribution in [0.25, 0.3) is 0 Å². The van der Waals surface area contributed by atoms with Crippen molar-refractivity contribution in [2.24, 2.45) is 39.9 Å². The number of allylic oxidation sites excluding steroid dienone is 1. The third kappa shape index (κ3) is 4.14. The molecule has 2 saturated heterocycles. The Hall–Kier alpha value is -3.47. The fourth-order valence-electron chi connectivity index (χ4n) is 10.1. The van der Waals surface area contributed by atoms with E-state index in [2.05, 4.69) is 6.92 Å². The fraction of sp³-hybridized carbons (Fsp3) is 0.676. The minimum atomic E-state index is -1.46. The van der Waals surface area contributed by atoms with Gasteiger partial charge in [0.1, 0.15) is 29.7 Å². The van der Waals surface area contributed by atoms with Gasteiger partial charge in [-0.1, -0.05) is 33.8 Å². The summed E-state index contributed by atoms with van der Waals surface area (Å²) in [5.74, 6) is -5.33. The van der Waals surface area contributed by atoms with Crippen LogP contribution in [-0.4, -0.2) is 60.7 Å². The number of methoxy groups -OCH3 is 1. The van der Waals surface area contributed by atoms with Gasteiger partial charge in [-0.25, -0.2) is 9.59 Å². The van der Waals surface area contributed by atoms with Gasteiger partial charge in [-0.2, -0.15) is 0 Å². The normalized spacial score (nSPS) is 41.8. The molecule has 0 N–H and O–H groups in total. The smallest absolute Gasteiger partial charge is 0.347 e. The van der Waals surface area contributed by atoms with Crippen LogP contribution in [0.1, 0.15) is 79.4 Å². The molecule has 5 fully saturated rings. The van der Waals surface area contributed by atoms with Gasteiger partial charge < -0.3 is 28.1 Å². The zero-order valence-corrected chi connectivity index (χ0v) is 27.0. The first-order valence-electron chi connectivity index (χ1n) is 15.6. The Morgan fingerprint density at radius 1 is 1.09 bits per heavy atom. The number of carbonyl (C=O) groups excluding carboxylic acids is 5. The van der Waals surface area contributed by atoms with Gasteiger partial charge in [0.15, 0.2) is 0 Å². The molecule has 244 valence electrons. The zero-order valence-electron chi connectivity index (χ0n) is 27.0. The van der Waals surface area contributed by atoms with E-state index < -0.39 is 81.9 Å². The second kappa shape index (κ2) is 10.3. The molecule has 0 radical (unpaired) electrons. The van der Waals surface area contributed by atoms with E-state index in [1.165, 1.54) is 14.0 Å². The fourth-order valence-corrected chi connectivity index (χ4v) is 10.1. The number of ether oxygens (including phenoxy) is 5. The molecule has 0 amide bonds. The van der Waals surface area contributed by atoms with Gasteiger partial charge in [0.2, 0.25) is 6.10 Å². The summed E-state index contributed by atoms with van der Waals surface area (Å²) in [5.41, 5.74) is -2.75. The van der Waals surface area contributed by atoms with Crippen molar-refractivity contribution in [1.29, 1.82) is 0 Å². The minimum Gasteiger partial charge on any atom is -0.472 e. The first kappa shape index (κ1) is 31.5. The summed E-state index contributed by atoms with van der Waals surface area (Å²) < 4.78 is 35.1. The number of rotatable bonds is 6. The molecule has 3 aliphatic carbocycles. The molecule has 1 aromatic rings. The van der Waals surface area contributed by atoms with E-state index >= 15 is 0 Å². The van der Waals surface area contributed by atoms with E-state index in [9.17, 15) is 24.0 Å². The average molecular weight is 627 g/mol. The maximum absolute atomic E-state index is 14.9. The van der Waals surface area contributed by atoms with Crippen molar-refractivity contribution in [2.45, 2.75) is 97.7 Å². The number of cyclic esters (lactones) is 1. The predicted octanol–water partition coefficient (Wildman–Crippen LogP) is 4.28. The highest BCUT2D eigenvalue weighted by Gasteiger charge is 2.87. The molecule has 1 aromatic heterocycles. The standard InChI is InChI=1S/C34H42O11/c1-9-16(2)29(38)44-27-22-25(37)33(7,24(31(27,4)5)23(30(39)40-8)42-17(3)35)19-10-12-32(6)20(34(19)28(22)45-34)14-21(36)43-26(32)18-11-13-41-15-18/h9,11,13,15,19-20,22-24,26-28H,10,12,14H2,1-8H3/b16-9-/t19-,20-,22+,23+,24-,26-,27+,28+,32+,33+,34+/m0/s1. The second-order valence-electron chi connectivity index (χ2n) is 14.5. The van der Waals surface area contributed by atoms with Crippen molar-refractivity contribution in [1.82, 2.24) is 0 Å². The number of furan rings is 1. The Kier molecular flexibility index (Phi) is 7.19. The van der Waals surface area contributed by atoms with Crippen molar-refractivity contribution in [3.8, 4) is 0 Å². The molecular formula is C34H42O11. The zero-order chi connectivity index (χ0) is 32.9. The van der Waals surface area contributed by atoms with Crippen LogP contribution in [0.5, 0.6) is 0 Å². The average Bonchev–Trinajstić information content (AvgIpc) is 3.43. The Bertz CT molecular complexity index is 1470. The number of epoxide rings is 1. The molecule has 2 aliphatic heterocycles. The van der Waals surface area contributed by atoms with Crippen LogP contribution >= 0.6 is 0 Å². The van der Waals surface area contributed by atoms with Crippen LogP contribution < -0.4 is 0 Å². The predicted molar refractivity (Wildman–Crippen MR) is 155 cm³/mol. The van der Waals surface area contributed by atoms with Gasteiger partial charge in [-0.05, 0) is 32.8 Å². The summed E-state index contributed by atoms with van der Waals surface area (Å²) in [4.78, 5) is 67.4. The van der Waals surface area contributed by atoms with Crippen molar-refractivity contribution >= 4 is 29.7 Å². The van der Waals surface area contributed by atoms with Gasteiger partial charge in [-0.3, -0.25) is 14.4 Å². The van der Waals surface area contributed by atoms with E-state index in [1.54, 1.807) is 38.5 Å². The summed E-state index contributed by atoms with van der Waals surface area (Å²) in [6.45, 7) is 12.1. The first-order chi connectivity index (χ1) is 21.1. The number of carbonyl (C=O) groups is 5. The number of ketones is 1. The third-order valence-electron chi connectivity index (χ3n) is 12.0. The van der Waals surface area contributed by atoms with Crippen molar-refractivity contribution in [2.75, 3.05) is 7.11 Å². The molecule has 11 heteroatoms. The lowest BCUT2D eigenvalue weighted by atomic mass is 9.37. The van der Waals surface area contributed by atoms with E-state index in [1.807, 2.05) is 20.8 Å². The monoisotopic (exact) mass is 626 g/mol. The van der Waals surface area contributed by atoms with Crippen LogP contribution in [0.15, 0.2) is 34.7 Å². The molecule has 1 spiro atoms. The van der Waals surface area contributed by atoms with Crippen LogP contribution in [-0.2, 0) is 47.7 Å². The first-order valence-corrected chi connectivity index (χ1v) is 15.6. The molecule has 11 nitrogen and oxygen atoms in total. The molecule has 11 atom stereocenters. The van der Waals surface area contributed by atoms with Crippen LogP contribution in [0, 0.1) is 39.9 Å². The van der Waals surface area contributed by atoms with E-state index in [0.717, 1.165) is 5.56 Å². The molecule has 0 unspecified atom stereocenters. The van der Waals surface area contributed by atoms with Gasteiger partial charge in [0.25, 0.3) is 0 Å². The molecule has 6 rings (SSSR count). The summed E-state index contributed by atoms with van der Waals surface area (Å²) in [7, 11) is 1.20. The van der Waals surface area contributed by atoms with E-state index in [0.29, 0.717) is 18.4 Å². The Morgan fingerprint density at radius 2 is 1.80 bits per heavy atom. The highest BCUT2D eigenvalue weighted by molar-refractivity contribution is 5.95. The van der Waals surface area contributed by atoms with Crippen molar-refractivity contribution in [3.63, 3.8) is 0 Å². The molecule has 45 heavy (non-hydrogen) atoms. The summed E-state index contributed by atoms with van der Waals surface area (Å²) in [6.07, 6.45) is 2.24. The maximum atomic E-state index is 14.9. The summed E-state index contributed by atoms with van der Waals surface area (Å²) >= 11 is 0. The quantitative estimate of drug-likeness (QED) is 0.193. The minimum absolute atomic E-state index is 0.0788. The number of fused-ring (bicyclic) bond motifs is 5. The Morgan fingerprint density at radius 3 is 2.40 bits per heavy atom.